The van der Waals surface area contributed by atoms with Crippen molar-refractivity contribution >= 4 is 23.3 Å². The van der Waals surface area contributed by atoms with E-state index in [4.69, 9.17) is 4.74 Å². The van der Waals surface area contributed by atoms with Gasteiger partial charge in [-0.2, -0.15) is 0 Å². The number of aromatic nitrogens is 1. The van der Waals surface area contributed by atoms with Crippen molar-refractivity contribution in [1.29, 1.82) is 0 Å². The second-order valence-electron chi connectivity index (χ2n) is 8.42. The Morgan fingerprint density at radius 2 is 1.96 bits per heavy atom. The molecule has 2 unspecified atom stereocenters. The fourth-order valence-electron chi connectivity index (χ4n) is 2.27. The summed E-state index contributed by atoms with van der Waals surface area (Å²) in [5.41, 5.74) is 0.407. The largest absolute Gasteiger partial charge is 0.598 e. The third kappa shape index (κ3) is 6.49. The summed E-state index contributed by atoms with van der Waals surface area (Å²) in [6.07, 6.45) is 3.33. The van der Waals surface area contributed by atoms with Crippen molar-refractivity contribution in [2.24, 2.45) is 5.92 Å². The zero-order valence-electron chi connectivity index (χ0n) is 15.9. The van der Waals surface area contributed by atoms with Crippen LogP contribution in [0.25, 0.3) is 0 Å². The van der Waals surface area contributed by atoms with Crippen molar-refractivity contribution in [2.45, 2.75) is 70.8 Å². The minimum absolute atomic E-state index is 0.0118. The van der Waals surface area contributed by atoms with Gasteiger partial charge in [0.25, 0.3) is 0 Å². The van der Waals surface area contributed by atoms with Gasteiger partial charge in [-0.3, -0.25) is 5.32 Å². The summed E-state index contributed by atoms with van der Waals surface area (Å²) in [4.78, 5) is 16.1. The van der Waals surface area contributed by atoms with Crippen LogP contribution in [-0.4, -0.2) is 26.0 Å². The van der Waals surface area contributed by atoms with Gasteiger partial charge in [0.1, 0.15) is 16.2 Å². The fourth-order valence-corrected chi connectivity index (χ4v) is 3.19. The molecule has 1 aromatic rings. The topological polar surface area (TPSA) is 86.3 Å². The summed E-state index contributed by atoms with van der Waals surface area (Å²) < 4.78 is 20.7. The minimum Gasteiger partial charge on any atom is -0.598 e. The molecule has 25 heavy (non-hydrogen) atoms. The van der Waals surface area contributed by atoms with Crippen LogP contribution in [0.3, 0.4) is 0 Å². The highest BCUT2D eigenvalue weighted by molar-refractivity contribution is 7.90. The highest BCUT2D eigenvalue weighted by Crippen LogP contribution is 2.42. The molecule has 0 aliphatic heterocycles. The lowest BCUT2D eigenvalue weighted by molar-refractivity contribution is 0.0635. The lowest BCUT2D eigenvalue weighted by Gasteiger charge is -2.28. The van der Waals surface area contributed by atoms with Crippen molar-refractivity contribution < 1.29 is 14.1 Å². The normalized spacial score (nSPS) is 17.7. The van der Waals surface area contributed by atoms with Crippen molar-refractivity contribution in [3.05, 3.63) is 23.9 Å². The monoisotopic (exact) mass is 367 g/mol. The first-order valence-corrected chi connectivity index (χ1v) is 9.75. The van der Waals surface area contributed by atoms with E-state index < -0.39 is 23.1 Å². The van der Waals surface area contributed by atoms with Crippen molar-refractivity contribution in [3.63, 3.8) is 0 Å². The maximum Gasteiger partial charge on any atom is 0.413 e. The number of amides is 1. The predicted molar refractivity (Wildman–Crippen MR) is 101 cm³/mol. The SMILES string of the molecule is CC(C)(C)OC(=O)Nc1cc(C(N[S+]([O-])C(C)(C)C)C2CC2)ccn1. The van der Waals surface area contributed by atoms with E-state index in [-0.39, 0.29) is 10.8 Å². The first kappa shape index (κ1) is 20.0. The van der Waals surface area contributed by atoms with Gasteiger partial charge in [-0.05, 0) is 78.0 Å². The Bertz CT molecular complexity index is 606. The average Bonchev–Trinajstić information content (AvgIpc) is 3.25. The smallest absolute Gasteiger partial charge is 0.413 e. The zero-order chi connectivity index (χ0) is 18.8. The Morgan fingerprint density at radius 3 is 2.48 bits per heavy atom. The van der Waals surface area contributed by atoms with E-state index in [0.29, 0.717) is 11.7 Å². The number of carbonyl (C=O) groups excluding carboxylic acids is 1. The standard InChI is InChI=1S/C18H29N3O3S/c1-17(2,3)24-16(22)20-14-11-13(9-10-19-14)15(12-7-8-12)21-25(23)18(4,5)6/h9-12,15,21H,7-8H2,1-6H3,(H,19,20,22). The van der Waals surface area contributed by atoms with E-state index in [1.807, 2.05) is 53.7 Å². The third-order valence-corrected chi connectivity index (χ3v) is 5.24. The molecule has 6 nitrogen and oxygen atoms in total. The quantitative estimate of drug-likeness (QED) is 0.770. The number of pyridine rings is 1. The minimum atomic E-state index is -1.16. The maximum absolute atomic E-state index is 12.5. The summed E-state index contributed by atoms with van der Waals surface area (Å²) in [5, 5.41) is 2.66. The van der Waals surface area contributed by atoms with E-state index in [1.165, 1.54) is 0 Å². The molecular formula is C18H29N3O3S. The Labute approximate surface area is 153 Å². The number of ether oxygens (including phenoxy) is 1. The number of anilines is 1. The molecule has 0 aromatic carbocycles. The molecule has 2 atom stereocenters. The second kappa shape index (κ2) is 7.51. The van der Waals surface area contributed by atoms with Gasteiger partial charge in [0.05, 0.1) is 6.04 Å². The van der Waals surface area contributed by atoms with Crippen molar-refractivity contribution in [2.75, 3.05) is 5.32 Å². The number of carbonyl (C=O) groups is 1. The first-order valence-electron chi connectivity index (χ1n) is 8.60. The average molecular weight is 368 g/mol. The molecule has 0 radical (unpaired) electrons. The van der Waals surface area contributed by atoms with Gasteiger partial charge in [-0.15, -0.1) is 4.72 Å². The third-order valence-electron chi connectivity index (χ3n) is 3.66. The van der Waals surface area contributed by atoms with Gasteiger partial charge in [-0.1, -0.05) is 0 Å². The summed E-state index contributed by atoms with van der Waals surface area (Å²) >= 11 is -1.16. The molecule has 0 spiro atoms. The predicted octanol–water partition coefficient (Wildman–Crippen LogP) is 3.93. The molecule has 0 bridgehead atoms. The molecule has 1 aliphatic carbocycles. The van der Waals surface area contributed by atoms with Crippen LogP contribution >= 0.6 is 0 Å². The highest BCUT2D eigenvalue weighted by atomic mass is 32.2. The molecule has 1 aliphatic rings. The summed E-state index contributed by atoms with van der Waals surface area (Å²) in [7, 11) is 0. The molecule has 2 rings (SSSR count). The summed E-state index contributed by atoms with van der Waals surface area (Å²) in [6.45, 7) is 11.3. The number of hydrogen-bond acceptors (Lipinski definition) is 5. The van der Waals surface area contributed by atoms with Crippen LogP contribution in [0.15, 0.2) is 18.3 Å². The number of rotatable bonds is 5. The van der Waals surface area contributed by atoms with Gasteiger partial charge >= 0.3 is 6.09 Å². The molecule has 7 heteroatoms. The van der Waals surface area contributed by atoms with Crippen molar-refractivity contribution in [1.82, 2.24) is 9.71 Å². The second-order valence-corrected chi connectivity index (χ2v) is 10.4. The van der Waals surface area contributed by atoms with Crippen LogP contribution in [0, 0.1) is 5.92 Å². The molecular weight excluding hydrogens is 338 g/mol. The van der Waals surface area contributed by atoms with Crippen LogP contribution in [-0.2, 0) is 16.1 Å². The molecule has 0 saturated heterocycles. The molecule has 1 saturated carbocycles. The molecule has 1 aromatic heterocycles. The zero-order valence-corrected chi connectivity index (χ0v) is 16.7. The van der Waals surface area contributed by atoms with E-state index in [9.17, 15) is 9.35 Å². The van der Waals surface area contributed by atoms with E-state index in [0.717, 1.165) is 18.4 Å². The van der Waals surface area contributed by atoms with Crippen LogP contribution in [0.4, 0.5) is 10.6 Å². The van der Waals surface area contributed by atoms with Gasteiger partial charge in [0, 0.05) is 17.6 Å². The van der Waals surface area contributed by atoms with Gasteiger partial charge in [0.2, 0.25) is 0 Å². The van der Waals surface area contributed by atoms with Gasteiger partial charge < -0.3 is 9.29 Å². The van der Waals surface area contributed by atoms with Crippen LogP contribution in [0.5, 0.6) is 0 Å². The summed E-state index contributed by atoms with van der Waals surface area (Å²) in [5.74, 6) is 0.892. The number of nitrogens with zero attached hydrogens (tertiary/aromatic N) is 1. The first-order chi connectivity index (χ1) is 11.5. The Balaban J connectivity index is 2.11. The number of hydrogen-bond donors (Lipinski definition) is 2. The van der Waals surface area contributed by atoms with E-state index in [1.54, 1.807) is 6.20 Å². The molecule has 140 valence electrons. The van der Waals surface area contributed by atoms with E-state index in [2.05, 4.69) is 15.0 Å². The molecule has 1 amide bonds. The van der Waals surface area contributed by atoms with E-state index >= 15 is 0 Å². The molecule has 1 heterocycles. The lowest BCUT2D eigenvalue weighted by Crippen LogP contribution is -2.41. The van der Waals surface area contributed by atoms with Crippen molar-refractivity contribution in [3.8, 4) is 0 Å². The Morgan fingerprint density at radius 1 is 1.32 bits per heavy atom. The lowest BCUT2D eigenvalue weighted by atomic mass is 10.1. The summed E-state index contributed by atoms with van der Waals surface area (Å²) in [6, 6.07) is 3.71. The van der Waals surface area contributed by atoms with Crippen LogP contribution in [0.2, 0.25) is 0 Å². The Kier molecular flexibility index (Phi) is 6.01. The Hall–Kier alpha value is -1.31. The maximum atomic E-state index is 12.5. The van der Waals surface area contributed by atoms with Gasteiger partial charge in [-0.25, -0.2) is 9.78 Å². The number of nitrogens with one attached hydrogen (secondary N) is 2. The molecule has 1 fully saturated rings. The fraction of sp³-hybridized carbons (Fsp3) is 0.667. The van der Waals surface area contributed by atoms with Crippen LogP contribution in [0.1, 0.15) is 66.0 Å². The highest BCUT2D eigenvalue weighted by Gasteiger charge is 2.38. The molecule has 2 N–H and O–H groups in total. The van der Waals surface area contributed by atoms with Gasteiger partial charge in [0.15, 0.2) is 0 Å². The van der Waals surface area contributed by atoms with Crippen LogP contribution < -0.4 is 10.0 Å².